The van der Waals surface area contributed by atoms with Gasteiger partial charge in [0.15, 0.2) is 23.4 Å². The summed E-state index contributed by atoms with van der Waals surface area (Å²) in [5.74, 6) is 1.51. The van der Waals surface area contributed by atoms with Crippen LogP contribution in [-0.4, -0.2) is 32.6 Å². The lowest BCUT2D eigenvalue weighted by molar-refractivity contribution is -0.122. The summed E-state index contributed by atoms with van der Waals surface area (Å²) in [6, 6.07) is 4.04. The molecule has 4 nitrogen and oxygen atoms in total. The number of ether oxygens (including phenoxy) is 2. The number of rotatable bonds is 4. The van der Waals surface area contributed by atoms with Gasteiger partial charge in [-0.15, -0.1) is 0 Å². The van der Waals surface area contributed by atoms with Gasteiger partial charge in [-0.2, -0.15) is 0 Å². The Morgan fingerprint density at radius 1 is 1.41 bits per heavy atom. The minimum Gasteiger partial charge on any atom is -0.493 e. The zero-order chi connectivity index (χ0) is 15.3. The molecule has 4 rings (SSSR count). The first-order valence-electron chi connectivity index (χ1n) is 7.66. The van der Waals surface area contributed by atoms with E-state index in [4.69, 9.17) is 9.47 Å². The highest BCUT2D eigenvalue weighted by molar-refractivity contribution is 6.00. The van der Waals surface area contributed by atoms with Crippen molar-refractivity contribution in [3.63, 3.8) is 0 Å². The van der Waals surface area contributed by atoms with Crippen LogP contribution in [0, 0.1) is 0 Å². The van der Waals surface area contributed by atoms with Crippen molar-refractivity contribution in [2.75, 3.05) is 20.7 Å². The van der Waals surface area contributed by atoms with E-state index in [1.807, 2.05) is 19.2 Å². The molecule has 1 N–H and O–H groups in total. The molecule has 1 aliphatic heterocycles. The lowest BCUT2D eigenvalue weighted by Crippen LogP contribution is -2.49. The Hall–Kier alpha value is -2.07. The number of ketones is 1. The summed E-state index contributed by atoms with van der Waals surface area (Å²) in [5.41, 5.74) is 3.22. The summed E-state index contributed by atoms with van der Waals surface area (Å²) in [4.78, 5) is 12.5. The van der Waals surface area contributed by atoms with E-state index in [0.29, 0.717) is 5.75 Å². The second-order valence-corrected chi connectivity index (χ2v) is 6.05. The minimum atomic E-state index is -0.470. The van der Waals surface area contributed by atoms with Crippen molar-refractivity contribution in [3.05, 3.63) is 47.1 Å². The van der Waals surface area contributed by atoms with Crippen LogP contribution in [0.2, 0.25) is 0 Å². The molecule has 0 bridgehead atoms. The number of carbonyl (C=O) groups excluding carboxylic acids is 1. The summed E-state index contributed by atoms with van der Waals surface area (Å²) < 4.78 is 11.6. The number of benzene rings is 1. The topological polar surface area (TPSA) is 47.6 Å². The van der Waals surface area contributed by atoms with Gasteiger partial charge in [0.25, 0.3) is 0 Å². The second kappa shape index (κ2) is 4.71. The Bertz CT molecular complexity index is 719. The van der Waals surface area contributed by atoms with Gasteiger partial charge >= 0.3 is 0 Å². The minimum absolute atomic E-state index is 0.0411. The number of hydrogen-bond donors (Lipinski definition) is 1. The van der Waals surface area contributed by atoms with Crippen molar-refractivity contribution in [1.82, 2.24) is 5.32 Å². The summed E-state index contributed by atoms with van der Waals surface area (Å²) in [6.07, 6.45) is 7.09. The fourth-order valence-electron chi connectivity index (χ4n) is 4.09. The Morgan fingerprint density at radius 2 is 2.27 bits per heavy atom. The van der Waals surface area contributed by atoms with E-state index >= 15 is 0 Å². The molecule has 2 atom stereocenters. The van der Waals surface area contributed by atoms with E-state index in [9.17, 15) is 4.79 Å². The van der Waals surface area contributed by atoms with Crippen LogP contribution in [-0.2, 0) is 16.6 Å². The van der Waals surface area contributed by atoms with Crippen LogP contribution in [0.15, 0.2) is 35.9 Å². The predicted molar refractivity (Wildman–Crippen MR) is 83.6 cm³/mol. The average Bonchev–Trinajstić information content (AvgIpc) is 2.90. The summed E-state index contributed by atoms with van der Waals surface area (Å²) in [6.45, 7) is 0.828. The fourth-order valence-corrected chi connectivity index (χ4v) is 4.09. The van der Waals surface area contributed by atoms with Gasteiger partial charge in [-0.1, -0.05) is 18.2 Å². The van der Waals surface area contributed by atoms with Crippen molar-refractivity contribution in [3.8, 4) is 11.5 Å². The van der Waals surface area contributed by atoms with E-state index in [-0.39, 0.29) is 11.2 Å². The maximum Gasteiger partial charge on any atom is 0.197 e. The molecule has 0 spiro atoms. The number of methoxy groups -OCH3 is 1. The molecule has 0 fully saturated rings. The van der Waals surface area contributed by atoms with Gasteiger partial charge in [0.1, 0.15) is 0 Å². The molecule has 4 heteroatoms. The van der Waals surface area contributed by atoms with Crippen LogP contribution < -0.4 is 14.8 Å². The molecule has 0 aromatic heterocycles. The van der Waals surface area contributed by atoms with Crippen LogP contribution in [0.5, 0.6) is 11.5 Å². The number of nitrogens with one attached hydrogen (secondary N) is 1. The van der Waals surface area contributed by atoms with E-state index in [0.717, 1.165) is 30.7 Å². The van der Waals surface area contributed by atoms with Crippen LogP contribution in [0.3, 0.4) is 0 Å². The quantitative estimate of drug-likeness (QED) is 0.922. The Labute approximate surface area is 129 Å². The first kappa shape index (κ1) is 13.6. The van der Waals surface area contributed by atoms with Gasteiger partial charge in [-0.3, -0.25) is 4.79 Å². The number of carbonyl (C=O) groups is 1. The van der Waals surface area contributed by atoms with Gasteiger partial charge in [0, 0.05) is 5.56 Å². The third kappa shape index (κ3) is 1.53. The van der Waals surface area contributed by atoms with Gasteiger partial charge in [0.05, 0.1) is 12.5 Å². The maximum atomic E-state index is 12.5. The van der Waals surface area contributed by atoms with Crippen molar-refractivity contribution in [2.24, 2.45) is 0 Å². The highest BCUT2D eigenvalue weighted by atomic mass is 16.5. The molecule has 22 heavy (non-hydrogen) atoms. The van der Waals surface area contributed by atoms with E-state index in [1.54, 1.807) is 13.2 Å². The third-order valence-corrected chi connectivity index (χ3v) is 5.07. The van der Waals surface area contributed by atoms with Crippen LogP contribution in [0.4, 0.5) is 0 Å². The number of allylic oxidation sites excluding steroid dienone is 2. The monoisotopic (exact) mass is 297 g/mol. The van der Waals surface area contributed by atoms with Crippen molar-refractivity contribution in [1.29, 1.82) is 0 Å². The smallest absolute Gasteiger partial charge is 0.197 e. The molecular formula is C18H19NO3. The van der Waals surface area contributed by atoms with Gasteiger partial charge in [-0.05, 0) is 49.7 Å². The highest BCUT2D eigenvalue weighted by Crippen LogP contribution is 2.58. The van der Waals surface area contributed by atoms with Gasteiger partial charge in [0.2, 0.25) is 0 Å². The molecular weight excluding hydrogens is 278 g/mol. The van der Waals surface area contributed by atoms with Gasteiger partial charge in [-0.25, -0.2) is 0 Å². The largest absolute Gasteiger partial charge is 0.493 e. The first-order chi connectivity index (χ1) is 10.7. The van der Waals surface area contributed by atoms with Crippen LogP contribution >= 0.6 is 0 Å². The fraction of sp³-hybridized carbons (Fsp3) is 0.389. The zero-order valence-electron chi connectivity index (χ0n) is 12.8. The average molecular weight is 297 g/mol. The Morgan fingerprint density at radius 3 is 3.05 bits per heavy atom. The standard InChI is InChI=1S/C18H19NO3/c1-19-10-9-18-12-5-3-11-4-8-14(21-2)16(15(11)18)22-17(18)13(20)7-6-12/h4-8,17,19H,3,9-10H2,1-2H3/t17-,18-/m0/s1. The molecule has 114 valence electrons. The molecule has 3 aliphatic rings. The van der Waals surface area contributed by atoms with E-state index < -0.39 is 6.10 Å². The lowest BCUT2D eigenvalue weighted by Gasteiger charge is -2.40. The SMILES string of the molecule is CNCC[C@]12C3=CCc4ccc(OC)c(c41)O[C@H]2C(=O)C=C3. The van der Waals surface area contributed by atoms with Crippen molar-refractivity contribution >= 4 is 5.78 Å². The molecule has 1 aromatic carbocycles. The normalized spacial score (nSPS) is 27.3. The van der Waals surface area contributed by atoms with E-state index in [1.165, 1.54) is 11.1 Å². The first-order valence-corrected chi connectivity index (χ1v) is 7.66. The molecule has 2 aliphatic carbocycles. The Kier molecular flexibility index (Phi) is 2.91. The molecule has 0 saturated carbocycles. The molecule has 0 radical (unpaired) electrons. The molecule has 1 heterocycles. The van der Waals surface area contributed by atoms with Crippen molar-refractivity contribution < 1.29 is 14.3 Å². The van der Waals surface area contributed by atoms with E-state index in [2.05, 4.69) is 17.5 Å². The highest BCUT2D eigenvalue weighted by Gasteiger charge is 2.57. The Balaban J connectivity index is 1.99. The molecule has 0 amide bonds. The van der Waals surface area contributed by atoms with Crippen LogP contribution in [0.25, 0.3) is 0 Å². The lowest BCUT2D eigenvalue weighted by atomic mass is 9.61. The summed E-state index contributed by atoms with van der Waals surface area (Å²) in [7, 11) is 3.58. The van der Waals surface area contributed by atoms with Crippen molar-refractivity contribution in [2.45, 2.75) is 24.4 Å². The third-order valence-electron chi connectivity index (χ3n) is 5.07. The second-order valence-electron chi connectivity index (χ2n) is 6.05. The van der Waals surface area contributed by atoms with Crippen LogP contribution in [0.1, 0.15) is 17.5 Å². The summed E-state index contributed by atoms with van der Waals surface area (Å²) >= 11 is 0. The predicted octanol–water partition coefficient (Wildman–Crippen LogP) is 1.92. The maximum absolute atomic E-state index is 12.5. The molecule has 0 unspecified atom stereocenters. The molecule has 0 saturated heterocycles. The summed E-state index contributed by atoms with van der Waals surface area (Å²) in [5, 5.41) is 3.21. The molecule has 1 aromatic rings. The number of hydrogen-bond acceptors (Lipinski definition) is 4. The zero-order valence-corrected chi connectivity index (χ0v) is 12.8. The van der Waals surface area contributed by atoms with Gasteiger partial charge < -0.3 is 14.8 Å².